The first-order valence-corrected chi connectivity index (χ1v) is 2.67. The maximum atomic E-state index is 10.4. The van der Waals surface area contributed by atoms with E-state index >= 15 is 0 Å². The molecule has 0 aliphatic heterocycles. The lowest BCUT2D eigenvalue weighted by atomic mass is 10.2. The van der Waals surface area contributed by atoms with Gasteiger partial charge in [-0.15, -0.1) is 0 Å². The summed E-state index contributed by atoms with van der Waals surface area (Å²) in [7, 11) is 0. The summed E-state index contributed by atoms with van der Waals surface area (Å²) in [6.45, 7) is 0. The van der Waals surface area contributed by atoms with E-state index in [0.29, 0.717) is 12.8 Å². The van der Waals surface area contributed by atoms with E-state index in [-0.39, 0.29) is 11.4 Å². The van der Waals surface area contributed by atoms with E-state index in [4.69, 9.17) is 5.11 Å². The number of hydrogen-bond donors (Lipinski definition) is 1. The summed E-state index contributed by atoms with van der Waals surface area (Å²) >= 11 is 0. The van der Waals surface area contributed by atoms with Crippen LogP contribution in [0.25, 0.3) is 0 Å². The van der Waals surface area contributed by atoms with Crippen LogP contribution in [0.2, 0.25) is 0 Å². The van der Waals surface area contributed by atoms with Crippen molar-refractivity contribution in [1.29, 1.82) is 0 Å². The molecule has 0 unspecified atom stereocenters. The summed E-state index contributed by atoms with van der Waals surface area (Å²) in [5.41, 5.74) is 0.236. The Balaban J connectivity index is 2.74. The Kier molecular flexibility index (Phi) is 1.34. The van der Waals surface area contributed by atoms with Crippen LogP contribution in [-0.4, -0.2) is 16.9 Å². The Bertz CT molecular complexity index is 190. The number of carbonyl (C=O) groups is 2. The highest BCUT2D eigenvalue weighted by Crippen LogP contribution is 2.13. The summed E-state index contributed by atoms with van der Waals surface area (Å²) in [6.07, 6.45) is 1.96. The number of aliphatic carboxylic acids is 1. The minimum Gasteiger partial charge on any atom is -0.478 e. The first-order chi connectivity index (χ1) is 4.20. The fourth-order valence-corrected chi connectivity index (χ4v) is 0.765. The van der Waals surface area contributed by atoms with Crippen molar-refractivity contribution < 1.29 is 14.7 Å². The van der Waals surface area contributed by atoms with E-state index in [1.165, 1.54) is 6.08 Å². The largest absolute Gasteiger partial charge is 0.478 e. The Morgan fingerprint density at radius 2 is 2.22 bits per heavy atom. The number of allylic oxidation sites excluding steroid dienone is 1. The molecule has 0 saturated carbocycles. The van der Waals surface area contributed by atoms with E-state index in [2.05, 4.69) is 0 Å². The molecular formula is C6H6O3. The van der Waals surface area contributed by atoms with Crippen molar-refractivity contribution >= 4 is 11.8 Å². The minimum absolute atomic E-state index is 0.0765. The highest BCUT2D eigenvalue weighted by Gasteiger charge is 2.16. The highest BCUT2D eigenvalue weighted by molar-refractivity contribution is 6.02. The van der Waals surface area contributed by atoms with Crippen molar-refractivity contribution in [3.05, 3.63) is 11.6 Å². The molecule has 0 aromatic rings. The molecule has 0 atom stereocenters. The van der Waals surface area contributed by atoms with Crippen LogP contribution < -0.4 is 0 Å². The predicted octanol–water partition coefficient (Wildman–Crippen LogP) is 0.360. The van der Waals surface area contributed by atoms with Crippen LogP contribution in [0.15, 0.2) is 11.6 Å². The molecule has 0 saturated heterocycles. The van der Waals surface area contributed by atoms with Gasteiger partial charge in [0, 0.05) is 12.0 Å². The monoisotopic (exact) mass is 126 g/mol. The van der Waals surface area contributed by atoms with E-state index < -0.39 is 5.97 Å². The molecule has 1 rings (SSSR count). The number of carbonyl (C=O) groups excluding carboxylic acids is 1. The fourth-order valence-electron chi connectivity index (χ4n) is 0.765. The van der Waals surface area contributed by atoms with Crippen molar-refractivity contribution in [3.8, 4) is 0 Å². The molecule has 0 aromatic carbocycles. The molecule has 3 heteroatoms. The molecule has 0 aromatic heterocycles. The summed E-state index contributed by atoms with van der Waals surface area (Å²) in [4.78, 5) is 20.5. The molecule has 0 spiro atoms. The number of hydrogen-bond acceptors (Lipinski definition) is 2. The quantitative estimate of drug-likeness (QED) is 0.551. The number of ketones is 1. The third-order valence-corrected chi connectivity index (χ3v) is 1.25. The van der Waals surface area contributed by atoms with Gasteiger partial charge in [0.05, 0.1) is 0 Å². The molecule has 0 amide bonds. The van der Waals surface area contributed by atoms with Crippen LogP contribution in [-0.2, 0) is 9.59 Å². The number of carboxylic acid groups (broad SMARTS) is 1. The molecule has 9 heavy (non-hydrogen) atoms. The van der Waals surface area contributed by atoms with Gasteiger partial charge in [0.25, 0.3) is 0 Å². The van der Waals surface area contributed by atoms with Gasteiger partial charge in [-0.2, -0.15) is 0 Å². The number of rotatable bonds is 1. The average Bonchev–Trinajstić information content (AvgIpc) is 2.14. The first-order valence-electron chi connectivity index (χ1n) is 2.67. The normalized spacial score (nSPS) is 17.8. The fraction of sp³-hybridized carbons (Fsp3) is 0.333. The molecule has 0 bridgehead atoms. The lowest BCUT2D eigenvalue weighted by Crippen LogP contribution is -1.95. The van der Waals surface area contributed by atoms with Crippen LogP contribution >= 0.6 is 0 Å². The third-order valence-electron chi connectivity index (χ3n) is 1.25. The van der Waals surface area contributed by atoms with E-state index in [1.54, 1.807) is 0 Å². The molecule has 3 nitrogen and oxygen atoms in total. The molecule has 48 valence electrons. The SMILES string of the molecule is O=C1C=C(C(=O)O)CC1. The van der Waals surface area contributed by atoms with Gasteiger partial charge in [-0.3, -0.25) is 4.79 Å². The number of carboxylic acids is 1. The lowest BCUT2D eigenvalue weighted by molar-refractivity contribution is -0.132. The maximum absolute atomic E-state index is 10.4. The van der Waals surface area contributed by atoms with Crippen molar-refractivity contribution in [3.63, 3.8) is 0 Å². The lowest BCUT2D eigenvalue weighted by Gasteiger charge is -1.86. The molecule has 0 heterocycles. The van der Waals surface area contributed by atoms with E-state index in [9.17, 15) is 9.59 Å². The van der Waals surface area contributed by atoms with Crippen molar-refractivity contribution in [1.82, 2.24) is 0 Å². The van der Waals surface area contributed by atoms with Crippen molar-refractivity contribution in [2.75, 3.05) is 0 Å². The topological polar surface area (TPSA) is 54.4 Å². The molecule has 1 N–H and O–H groups in total. The third kappa shape index (κ3) is 1.16. The van der Waals surface area contributed by atoms with Crippen molar-refractivity contribution in [2.45, 2.75) is 12.8 Å². The van der Waals surface area contributed by atoms with Gasteiger partial charge in [0.15, 0.2) is 5.78 Å². The Morgan fingerprint density at radius 3 is 2.44 bits per heavy atom. The summed E-state index contributed by atoms with van der Waals surface area (Å²) in [6, 6.07) is 0. The minimum atomic E-state index is -0.971. The zero-order valence-corrected chi connectivity index (χ0v) is 4.76. The van der Waals surface area contributed by atoms with Crippen LogP contribution in [0, 0.1) is 0 Å². The maximum Gasteiger partial charge on any atom is 0.331 e. The van der Waals surface area contributed by atoms with Gasteiger partial charge in [-0.25, -0.2) is 4.79 Å². The molecule has 1 aliphatic rings. The molecule has 0 radical (unpaired) electrons. The molecule has 0 fully saturated rings. The van der Waals surface area contributed by atoms with Gasteiger partial charge in [0.2, 0.25) is 0 Å². The van der Waals surface area contributed by atoms with Crippen LogP contribution in [0.5, 0.6) is 0 Å². The smallest absolute Gasteiger partial charge is 0.331 e. The summed E-state index contributed by atoms with van der Waals surface area (Å²) < 4.78 is 0. The van der Waals surface area contributed by atoms with Crippen LogP contribution in [0.1, 0.15) is 12.8 Å². The second-order valence-electron chi connectivity index (χ2n) is 1.94. The summed E-state index contributed by atoms with van der Waals surface area (Å²) in [5.74, 6) is -1.05. The summed E-state index contributed by atoms with van der Waals surface area (Å²) in [5, 5.41) is 8.31. The van der Waals surface area contributed by atoms with Gasteiger partial charge < -0.3 is 5.11 Å². The Hall–Kier alpha value is -1.12. The predicted molar refractivity (Wildman–Crippen MR) is 30.0 cm³/mol. The molecule has 1 aliphatic carbocycles. The van der Waals surface area contributed by atoms with Gasteiger partial charge in [-0.1, -0.05) is 0 Å². The van der Waals surface area contributed by atoms with Crippen molar-refractivity contribution in [2.24, 2.45) is 0 Å². The van der Waals surface area contributed by atoms with Gasteiger partial charge in [0.1, 0.15) is 0 Å². The second kappa shape index (κ2) is 2.01. The zero-order valence-electron chi connectivity index (χ0n) is 4.76. The highest BCUT2D eigenvalue weighted by atomic mass is 16.4. The van der Waals surface area contributed by atoms with E-state index in [0.717, 1.165) is 0 Å². The first kappa shape index (κ1) is 6.01. The Labute approximate surface area is 52.0 Å². The average molecular weight is 126 g/mol. The van der Waals surface area contributed by atoms with Gasteiger partial charge in [-0.05, 0) is 12.5 Å². The zero-order chi connectivity index (χ0) is 6.85. The Morgan fingerprint density at radius 1 is 1.56 bits per heavy atom. The second-order valence-corrected chi connectivity index (χ2v) is 1.94. The van der Waals surface area contributed by atoms with Crippen LogP contribution in [0.4, 0.5) is 0 Å². The van der Waals surface area contributed by atoms with Crippen LogP contribution in [0.3, 0.4) is 0 Å². The van der Waals surface area contributed by atoms with E-state index in [1.807, 2.05) is 0 Å². The molecular weight excluding hydrogens is 120 g/mol. The standard InChI is InChI=1S/C6H6O3/c7-5-2-1-4(3-5)6(8)9/h3H,1-2H2,(H,8,9). The van der Waals surface area contributed by atoms with Gasteiger partial charge >= 0.3 is 5.97 Å².